The van der Waals surface area contributed by atoms with Crippen LogP contribution in [0.5, 0.6) is 0 Å². The minimum atomic E-state index is -0.170. The van der Waals surface area contributed by atoms with E-state index >= 15 is 0 Å². The molecule has 0 spiro atoms. The number of aromatic nitrogens is 2. The number of anilines is 1. The van der Waals surface area contributed by atoms with Crippen LogP contribution in [0.15, 0.2) is 0 Å². The lowest BCUT2D eigenvalue weighted by Gasteiger charge is -2.38. The molecular weight excluding hydrogens is 292 g/mol. The van der Waals surface area contributed by atoms with Crippen LogP contribution in [0, 0.1) is 13.8 Å². The predicted octanol–water partition coefficient (Wildman–Crippen LogP) is 3.33. The molecule has 2 amide bonds. The van der Waals surface area contributed by atoms with E-state index in [1.54, 1.807) is 7.11 Å². The number of carbonyl (C=O) groups is 1. The van der Waals surface area contributed by atoms with Crippen LogP contribution in [0.2, 0.25) is 0 Å². The van der Waals surface area contributed by atoms with E-state index in [-0.39, 0.29) is 11.6 Å². The third-order valence-electron chi connectivity index (χ3n) is 4.88. The molecule has 0 saturated carbocycles. The van der Waals surface area contributed by atoms with Crippen molar-refractivity contribution in [2.75, 3.05) is 25.6 Å². The predicted molar refractivity (Wildman–Crippen MR) is 91.8 cm³/mol. The maximum Gasteiger partial charge on any atom is 0.322 e. The number of carbonyl (C=O) groups excluding carboxylic acids is 1. The van der Waals surface area contributed by atoms with E-state index in [0.717, 1.165) is 55.8 Å². The molecule has 2 rings (SSSR count). The van der Waals surface area contributed by atoms with E-state index in [2.05, 4.69) is 24.3 Å². The summed E-state index contributed by atoms with van der Waals surface area (Å²) in [4.78, 5) is 14.9. The van der Waals surface area contributed by atoms with Crippen LogP contribution in [-0.2, 0) is 11.3 Å². The number of nitrogens with one attached hydrogen (secondary N) is 1. The molecule has 1 fully saturated rings. The maximum atomic E-state index is 12.9. The number of hydrogen-bond donors (Lipinski definition) is 1. The lowest BCUT2D eigenvalue weighted by molar-refractivity contribution is 0.0540. The zero-order valence-electron chi connectivity index (χ0n) is 15.1. The number of likely N-dealkylation sites (tertiary alicyclic amines) is 1. The largest absolute Gasteiger partial charge is 0.382 e. The van der Waals surface area contributed by atoms with Gasteiger partial charge in [-0.15, -0.1) is 0 Å². The Labute approximate surface area is 139 Å². The SMILES string of the molecule is CCCC1(COC)CCCN1C(=O)Nc1c(C)nn(CC)c1C. The fourth-order valence-electron chi connectivity index (χ4n) is 3.83. The Kier molecular flexibility index (Phi) is 5.68. The molecule has 1 aromatic heterocycles. The summed E-state index contributed by atoms with van der Waals surface area (Å²) in [5, 5.41) is 7.57. The maximum absolute atomic E-state index is 12.9. The van der Waals surface area contributed by atoms with Gasteiger partial charge in [-0.25, -0.2) is 4.79 Å². The second kappa shape index (κ2) is 7.34. The molecule has 1 atom stereocenters. The van der Waals surface area contributed by atoms with Gasteiger partial charge in [-0.1, -0.05) is 13.3 Å². The molecule has 1 aliphatic heterocycles. The molecule has 130 valence electrons. The molecule has 6 nitrogen and oxygen atoms in total. The minimum Gasteiger partial charge on any atom is -0.382 e. The van der Waals surface area contributed by atoms with Gasteiger partial charge >= 0.3 is 6.03 Å². The van der Waals surface area contributed by atoms with Gasteiger partial charge in [-0.2, -0.15) is 5.10 Å². The van der Waals surface area contributed by atoms with Crippen molar-refractivity contribution >= 4 is 11.7 Å². The van der Waals surface area contributed by atoms with Crippen LogP contribution < -0.4 is 5.32 Å². The van der Waals surface area contributed by atoms with E-state index in [4.69, 9.17) is 4.74 Å². The standard InChI is InChI=1S/C17H30N4O2/c1-6-9-17(12-23-5)10-8-11-20(17)16(22)18-15-13(3)19-21(7-2)14(15)4/h6-12H2,1-5H3,(H,18,22). The third-order valence-corrected chi connectivity index (χ3v) is 4.88. The normalized spacial score (nSPS) is 21.0. The summed E-state index contributed by atoms with van der Waals surface area (Å²) in [6.07, 6.45) is 4.05. The molecule has 6 heteroatoms. The molecule has 23 heavy (non-hydrogen) atoms. The van der Waals surface area contributed by atoms with Crippen molar-refractivity contribution < 1.29 is 9.53 Å². The molecule has 0 aromatic carbocycles. The number of urea groups is 1. The van der Waals surface area contributed by atoms with Gasteiger partial charge in [0, 0.05) is 20.2 Å². The minimum absolute atomic E-state index is 0.0325. The molecule has 1 unspecified atom stereocenters. The van der Waals surface area contributed by atoms with Crippen molar-refractivity contribution in [2.45, 2.75) is 65.5 Å². The second-order valence-corrected chi connectivity index (χ2v) is 6.45. The van der Waals surface area contributed by atoms with Crippen molar-refractivity contribution in [3.8, 4) is 0 Å². The Morgan fingerprint density at radius 2 is 2.13 bits per heavy atom. The van der Waals surface area contributed by atoms with Gasteiger partial charge < -0.3 is 15.0 Å². The highest BCUT2D eigenvalue weighted by atomic mass is 16.5. The van der Waals surface area contributed by atoms with Gasteiger partial charge in [-0.05, 0) is 40.0 Å². The van der Waals surface area contributed by atoms with Crippen molar-refractivity contribution in [1.29, 1.82) is 0 Å². The molecule has 2 heterocycles. The van der Waals surface area contributed by atoms with Crippen LogP contribution in [0.3, 0.4) is 0 Å². The van der Waals surface area contributed by atoms with Crippen molar-refractivity contribution in [2.24, 2.45) is 0 Å². The molecule has 1 saturated heterocycles. The Morgan fingerprint density at radius 1 is 1.39 bits per heavy atom. The van der Waals surface area contributed by atoms with E-state index in [1.165, 1.54) is 0 Å². The molecule has 0 aliphatic carbocycles. The number of methoxy groups -OCH3 is 1. The highest BCUT2D eigenvalue weighted by molar-refractivity contribution is 5.91. The summed E-state index contributed by atoms with van der Waals surface area (Å²) in [7, 11) is 1.71. The average Bonchev–Trinajstić information content (AvgIpc) is 3.04. The smallest absolute Gasteiger partial charge is 0.322 e. The number of nitrogens with zero attached hydrogens (tertiary/aromatic N) is 3. The topological polar surface area (TPSA) is 59.4 Å². The molecule has 1 N–H and O–H groups in total. The molecular formula is C17H30N4O2. The molecule has 0 radical (unpaired) electrons. The second-order valence-electron chi connectivity index (χ2n) is 6.45. The van der Waals surface area contributed by atoms with Crippen LogP contribution in [0.4, 0.5) is 10.5 Å². The van der Waals surface area contributed by atoms with E-state index in [9.17, 15) is 4.79 Å². The van der Waals surface area contributed by atoms with E-state index in [1.807, 2.05) is 23.4 Å². The molecule has 1 aromatic rings. The van der Waals surface area contributed by atoms with Gasteiger partial charge in [-0.3, -0.25) is 4.68 Å². The average molecular weight is 322 g/mol. The molecule has 1 aliphatic rings. The van der Waals surface area contributed by atoms with E-state index in [0.29, 0.717) is 6.61 Å². The van der Waals surface area contributed by atoms with Gasteiger partial charge in [0.05, 0.1) is 29.2 Å². The van der Waals surface area contributed by atoms with Gasteiger partial charge in [0.2, 0.25) is 0 Å². The van der Waals surface area contributed by atoms with Crippen LogP contribution in [-0.4, -0.2) is 46.5 Å². The molecule has 0 bridgehead atoms. The Morgan fingerprint density at radius 3 is 2.70 bits per heavy atom. The summed E-state index contributed by atoms with van der Waals surface area (Å²) >= 11 is 0. The van der Waals surface area contributed by atoms with Crippen LogP contribution in [0.1, 0.15) is 50.9 Å². The Bertz CT molecular complexity index is 547. The Hall–Kier alpha value is -1.56. The van der Waals surface area contributed by atoms with Crippen LogP contribution in [0.25, 0.3) is 0 Å². The Balaban J connectivity index is 2.20. The summed E-state index contributed by atoms with van der Waals surface area (Å²) in [5.74, 6) is 0. The summed E-state index contributed by atoms with van der Waals surface area (Å²) in [6.45, 7) is 10.3. The van der Waals surface area contributed by atoms with E-state index < -0.39 is 0 Å². The lowest BCUT2D eigenvalue weighted by atomic mass is 9.91. The number of aryl methyl sites for hydroxylation is 2. The summed E-state index contributed by atoms with van der Waals surface area (Å²) in [5.41, 5.74) is 2.54. The number of amides is 2. The first-order valence-electron chi connectivity index (χ1n) is 8.60. The van der Waals surface area contributed by atoms with Crippen molar-refractivity contribution in [1.82, 2.24) is 14.7 Å². The first-order valence-corrected chi connectivity index (χ1v) is 8.60. The number of ether oxygens (including phenoxy) is 1. The highest BCUT2D eigenvalue weighted by Crippen LogP contribution is 2.35. The number of hydrogen-bond acceptors (Lipinski definition) is 3. The number of rotatable bonds is 6. The van der Waals surface area contributed by atoms with Gasteiger partial charge in [0.15, 0.2) is 0 Å². The summed E-state index contributed by atoms with van der Waals surface area (Å²) < 4.78 is 7.36. The first-order chi connectivity index (χ1) is 11.0. The highest BCUT2D eigenvalue weighted by Gasteiger charge is 2.43. The lowest BCUT2D eigenvalue weighted by Crippen LogP contribution is -2.52. The van der Waals surface area contributed by atoms with Gasteiger partial charge in [0.1, 0.15) is 0 Å². The first kappa shape index (κ1) is 17.8. The third kappa shape index (κ3) is 3.37. The summed E-state index contributed by atoms with van der Waals surface area (Å²) in [6, 6.07) is -0.0325. The monoisotopic (exact) mass is 322 g/mol. The fraction of sp³-hybridized carbons (Fsp3) is 0.765. The fourth-order valence-corrected chi connectivity index (χ4v) is 3.83. The quantitative estimate of drug-likeness (QED) is 0.874. The van der Waals surface area contributed by atoms with Crippen molar-refractivity contribution in [3.63, 3.8) is 0 Å². The van der Waals surface area contributed by atoms with Crippen molar-refractivity contribution in [3.05, 3.63) is 11.4 Å². The van der Waals surface area contributed by atoms with Crippen LogP contribution >= 0.6 is 0 Å². The van der Waals surface area contributed by atoms with Gasteiger partial charge in [0.25, 0.3) is 0 Å². The zero-order chi connectivity index (χ0) is 17.0. The zero-order valence-corrected chi connectivity index (χ0v) is 15.1.